The first-order valence-electron chi connectivity index (χ1n) is 6.38. The Labute approximate surface area is 102 Å². The van der Waals surface area contributed by atoms with E-state index in [1.165, 1.54) is 0 Å². The molecule has 0 saturated carbocycles. The molecule has 0 aromatic heterocycles. The zero-order valence-electron chi connectivity index (χ0n) is 11.8. The van der Waals surface area contributed by atoms with Crippen LogP contribution in [0.1, 0.15) is 54.4 Å². The Balaban J connectivity index is 4.46. The minimum atomic E-state index is -0.0653. The van der Waals surface area contributed by atoms with Crippen LogP contribution >= 0.6 is 0 Å². The van der Waals surface area contributed by atoms with Crippen molar-refractivity contribution < 1.29 is 4.74 Å². The van der Waals surface area contributed by atoms with Crippen molar-refractivity contribution in [2.24, 2.45) is 17.8 Å². The Kier molecular flexibility index (Phi) is 6.76. The predicted molar refractivity (Wildman–Crippen MR) is 71.3 cm³/mol. The van der Waals surface area contributed by atoms with Gasteiger partial charge in [0.25, 0.3) is 0 Å². The zero-order chi connectivity index (χ0) is 12.8. The van der Waals surface area contributed by atoms with Crippen molar-refractivity contribution in [1.82, 2.24) is 0 Å². The molecule has 94 valence electrons. The van der Waals surface area contributed by atoms with Crippen LogP contribution in [0.2, 0.25) is 0 Å². The second-order valence-corrected chi connectivity index (χ2v) is 5.97. The van der Waals surface area contributed by atoms with Gasteiger partial charge in [-0.2, -0.15) is 0 Å². The molecular formula is C15H28O. The van der Waals surface area contributed by atoms with Crippen molar-refractivity contribution in [2.45, 2.75) is 60.0 Å². The first kappa shape index (κ1) is 15.5. The van der Waals surface area contributed by atoms with E-state index in [1.807, 2.05) is 0 Å². The Morgan fingerprint density at radius 3 is 2.06 bits per heavy atom. The van der Waals surface area contributed by atoms with Gasteiger partial charge in [-0.25, -0.2) is 0 Å². The lowest BCUT2D eigenvalue weighted by Gasteiger charge is -2.34. The fourth-order valence-electron chi connectivity index (χ4n) is 2.20. The molecule has 0 aliphatic carbocycles. The Hall–Kier alpha value is -0.480. The highest BCUT2D eigenvalue weighted by molar-refractivity contribution is 4.87. The van der Waals surface area contributed by atoms with Crippen LogP contribution < -0.4 is 0 Å². The Morgan fingerprint density at radius 2 is 1.69 bits per heavy atom. The quantitative estimate of drug-likeness (QED) is 0.591. The normalized spacial score (nSPS) is 17.2. The second-order valence-electron chi connectivity index (χ2n) is 5.97. The van der Waals surface area contributed by atoms with Gasteiger partial charge in [-0.1, -0.05) is 40.5 Å². The number of ether oxygens (including phenoxy) is 1. The molecule has 0 aromatic carbocycles. The molecule has 0 radical (unpaired) electrons. The van der Waals surface area contributed by atoms with Crippen LogP contribution in [0.25, 0.3) is 0 Å². The highest BCUT2D eigenvalue weighted by Gasteiger charge is 2.29. The largest absolute Gasteiger partial charge is 0.363 e. The van der Waals surface area contributed by atoms with E-state index in [-0.39, 0.29) is 5.60 Å². The van der Waals surface area contributed by atoms with E-state index in [2.05, 4.69) is 47.5 Å². The van der Waals surface area contributed by atoms with E-state index >= 15 is 0 Å². The van der Waals surface area contributed by atoms with Crippen molar-refractivity contribution in [1.29, 1.82) is 0 Å². The van der Waals surface area contributed by atoms with E-state index in [0.717, 1.165) is 12.8 Å². The Bertz CT molecular complexity index is 224. The van der Waals surface area contributed by atoms with Gasteiger partial charge in [-0.15, -0.1) is 6.42 Å². The van der Waals surface area contributed by atoms with Crippen LogP contribution in [0.4, 0.5) is 0 Å². The van der Waals surface area contributed by atoms with E-state index in [1.54, 1.807) is 0 Å². The molecule has 0 aliphatic heterocycles. The van der Waals surface area contributed by atoms with Crippen molar-refractivity contribution in [3.63, 3.8) is 0 Å². The van der Waals surface area contributed by atoms with Crippen molar-refractivity contribution in [3.05, 3.63) is 0 Å². The summed E-state index contributed by atoms with van der Waals surface area (Å²) in [6, 6.07) is 0. The fraction of sp³-hybridized carbons (Fsp3) is 0.867. The van der Waals surface area contributed by atoms with Crippen LogP contribution in [0.15, 0.2) is 0 Å². The molecule has 0 rings (SSSR count). The van der Waals surface area contributed by atoms with Gasteiger partial charge in [0, 0.05) is 0 Å². The summed E-state index contributed by atoms with van der Waals surface area (Å²) >= 11 is 0. The van der Waals surface area contributed by atoms with E-state index in [9.17, 15) is 0 Å². The molecule has 0 saturated heterocycles. The van der Waals surface area contributed by atoms with E-state index in [0.29, 0.717) is 24.4 Å². The van der Waals surface area contributed by atoms with Crippen molar-refractivity contribution in [3.8, 4) is 12.3 Å². The van der Waals surface area contributed by atoms with Gasteiger partial charge < -0.3 is 4.74 Å². The number of terminal acetylenes is 1. The van der Waals surface area contributed by atoms with Crippen LogP contribution in [0.5, 0.6) is 0 Å². The van der Waals surface area contributed by atoms with Crippen LogP contribution in [0.3, 0.4) is 0 Å². The molecule has 0 spiro atoms. The Morgan fingerprint density at radius 1 is 1.12 bits per heavy atom. The van der Waals surface area contributed by atoms with Gasteiger partial charge >= 0.3 is 0 Å². The fourth-order valence-corrected chi connectivity index (χ4v) is 2.20. The third-order valence-electron chi connectivity index (χ3n) is 3.24. The summed E-state index contributed by atoms with van der Waals surface area (Å²) in [6.45, 7) is 13.9. The summed E-state index contributed by atoms with van der Waals surface area (Å²) in [6.07, 6.45) is 7.45. The average molecular weight is 224 g/mol. The lowest BCUT2D eigenvalue weighted by Crippen LogP contribution is -2.34. The first-order chi connectivity index (χ1) is 7.30. The first-order valence-corrected chi connectivity index (χ1v) is 6.38. The summed E-state index contributed by atoms with van der Waals surface area (Å²) in [5.74, 6) is 4.58. The maximum atomic E-state index is 5.87. The molecule has 0 aliphatic rings. The molecule has 0 fully saturated rings. The molecule has 0 unspecified atom stereocenters. The minimum Gasteiger partial charge on any atom is -0.363 e. The molecule has 1 heteroatoms. The van der Waals surface area contributed by atoms with Crippen molar-refractivity contribution >= 4 is 0 Å². The summed E-state index contributed by atoms with van der Waals surface area (Å²) in [5.41, 5.74) is -0.0653. The summed E-state index contributed by atoms with van der Waals surface area (Å²) in [7, 11) is 0. The highest BCUT2D eigenvalue weighted by Crippen LogP contribution is 2.31. The molecule has 0 aromatic rings. The van der Waals surface area contributed by atoms with Gasteiger partial charge in [-0.05, 0) is 37.5 Å². The maximum absolute atomic E-state index is 5.87. The molecule has 1 nitrogen and oxygen atoms in total. The third-order valence-corrected chi connectivity index (χ3v) is 3.24. The van der Waals surface area contributed by atoms with E-state index < -0.39 is 0 Å². The SMILES string of the molecule is C#CCO[C@](C)(CC(C)C)C[C@@H](C)C(C)C. The standard InChI is InChI=1S/C15H28O/c1-8-9-16-15(7,10-12(2)3)11-14(6)13(4)5/h1,12-14H,9-11H2,2-7H3/t14-,15-/m1/s1. The molecule has 0 heterocycles. The number of rotatable bonds is 7. The highest BCUT2D eigenvalue weighted by atomic mass is 16.5. The van der Waals surface area contributed by atoms with Crippen molar-refractivity contribution in [2.75, 3.05) is 6.61 Å². The van der Waals surface area contributed by atoms with Crippen LogP contribution in [-0.2, 0) is 4.74 Å². The zero-order valence-corrected chi connectivity index (χ0v) is 11.8. The maximum Gasteiger partial charge on any atom is 0.108 e. The number of hydrogen-bond donors (Lipinski definition) is 0. The predicted octanol–water partition coefficient (Wildman–Crippen LogP) is 4.12. The molecular weight excluding hydrogens is 196 g/mol. The molecule has 16 heavy (non-hydrogen) atoms. The summed E-state index contributed by atoms with van der Waals surface area (Å²) < 4.78 is 5.87. The van der Waals surface area contributed by atoms with E-state index in [4.69, 9.17) is 11.2 Å². The molecule has 0 bridgehead atoms. The van der Waals surface area contributed by atoms with Crippen LogP contribution in [-0.4, -0.2) is 12.2 Å². The second kappa shape index (κ2) is 6.97. The summed E-state index contributed by atoms with van der Waals surface area (Å²) in [4.78, 5) is 0. The third kappa shape index (κ3) is 6.18. The lowest BCUT2D eigenvalue weighted by molar-refractivity contribution is -0.0481. The van der Waals surface area contributed by atoms with Gasteiger partial charge in [0.1, 0.15) is 6.61 Å². The molecule has 0 N–H and O–H groups in total. The smallest absolute Gasteiger partial charge is 0.108 e. The van der Waals surface area contributed by atoms with Gasteiger partial charge in [0.2, 0.25) is 0 Å². The number of hydrogen-bond acceptors (Lipinski definition) is 1. The summed E-state index contributed by atoms with van der Waals surface area (Å²) in [5, 5.41) is 0. The monoisotopic (exact) mass is 224 g/mol. The topological polar surface area (TPSA) is 9.23 Å². The molecule has 0 amide bonds. The van der Waals surface area contributed by atoms with Gasteiger partial charge in [0.05, 0.1) is 5.60 Å². The average Bonchev–Trinajstić information content (AvgIpc) is 2.13. The van der Waals surface area contributed by atoms with Crippen LogP contribution in [0, 0.1) is 30.1 Å². The lowest BCUT2D eigenvalue weighted by atomic mass is 9.81. The molecule has 2 atom stereocenters. The minimum absolute atomic E-state index is 0.0653. The van der Waals surface area contributed by atoms with Gasteiger partial charge in [-0.3, -0.25) is 0 Å². The van der Waals surface area contributed by atoms with Gasteiger partial charge in [0.15, 0.2) is 0 Å².